The summed E-state index contributed by atoms with van der Waals surface area (Å²) in [5.74, 6) is 2.29. The number of furan rings is 1. The molecule has 0 radical (unpaired) electrons. The maximum absolute atomic E-state index is 5.75. The number of aryl methyl sites for hydroxylation is 1. The molecule has 0 amide bonds. The Morgan fingerprint density at radius 2 is 2.06 bits per heavy atom. The molecule has 0 fully saturated rings. The van der Waals surface area contributed by atoms with E-state index in [1.807, 2.05) is 30.8 Å². The molecule has 1 heterocycles. The standard InChI is InChI=1S/C15H21NOS/c1-12-14(11-16-9-5-6-10-18-2)13-7-3-4-8-15(13)17-12/h3-4,7-8,16H,5-6,9-11H2,1-2H3. The van der Waals surface area contributed by atoms with Gasteiger partial charge in [0.05, 0.1) is 0 Å². The number of unbranched alkanes of at least 4 members (excludes halogenated alkanes) is 1. The summed E-state index contributed by atoms with van der Waals surface area (Å²) >= 11 is 1.92. The SMILES string of the molecule is CSCCCCNCc1c(C)oc2ccccc12. The van der Waals surface area contributed by atoms with Crippen LogP contribution >= 0.6 is 11.8 Å². The fourth-order valence-corrected chi connectivity index (χ4v) is 2.64. The Kier molecular flexibility index (Phi) is 5.14. The predicted octanol–water partition coefficient (Wildman–Crippen LogP) is 3.97. The van der Waals surface area contributed by atoms with Crippen molar-refractivity contribution in [2.24, 2.45) is 0 Å². The van der Waals surface area contributed by atoms with E-state index >= 15 is 0 Å². The minimum atomic E-state index is 0.905. The summed E-state index contributed by atoms with van der Waals surface area (Å²) in [5.41, 5.74) is 2.30. The number of nitrogens with one attached hydrogen (secondary N) is 1. The molecule has 18 heavy (non-hydrogen) atoms. The molecular formula is C15H21NOS. The molecule has 1 N–H and O–H groups in total. The van der Waals surface area contributed by atoms with Crippen LogP contribution in [0.25, 0.3) is 11.0 Å². The zero-order valence-corrected chi connectivity index (χ0v) is 12.0. The van der Waals surface area contributed by atoms with Crippen molar-refractivity contribution in [3.8, 4) is 0 Å². The average molecular weight is 263 g/mol. The van der Waals surface area contributed by atoms with Crippen LogP contribution in [0.5, 0.6) is 0 Å². The summed E-state index contributed by atoms with van der Waals surface area (Å²) in [4.78, 5) is 0. The van der Waals surface area contributed by atoms with Gasteiger partial charge < -0.3 is 9.73 Å². The van der Waals surface area contributed by atoms with Crippen LogP contribution in [0.15, 0.2) is 28.7 Å². The van der Waals surface area contributed by atoms with E-state index in [2.05, 4.69) is 23.7 Å². The van der Waals surface area contributed by atoms with Gasteiger partial charge in [0.2, 0.25) is 0 Å². The van der Waals surface area contributed by atoms with Gasteiger partial charge in [0, 0.05) is 17.5 Å². The van der Waals surface area contributed by atoms with Gasteiger partial charge in [-0.1, -0.05) is 18.2 Å². The van der Waals surface area contributed by atoms with Crippen molar-refractivity contribution in [2.45, 2.75) is 26.3 Å². The minimum absolute atomic E-state index is 0.905. The van der Waals surface area contributed by atoms with Gasteiger partial charge in [0.1, 0.15) is 11.3 Å². The molecule has 2 aromatic rings. The summed E-state index contributed by atoms with van der Waals surface area (Å²) in [6, 6.07) is 8.25. The molecule has 0 saturated heterocycles. The van der Waals surface area contributed by atoms with Crippen LogP contribution in [-0.2, 0) is 6.54 Å². The first-order valence-electron chi connectivity index (χ1n) is 6.49. The van der Waals surface area contributed by atoms with Crippen LogP contribution in [-0.4, -0.2) is 18.6 Å². The first-order valence-corrected chi connectivity index (χ1v) is 7.89. The highest BCUT2D eigenvalue weighted by atomic mass is 32.2. The number of hydrogen-bond acceptors (Lipinski definition) is 3. The Balaban J connectivity index is 1.89. The fraction of sp³-hybridized carbons (Fsp3) is 0.467. The van der Waals surface area contributed by atoms with Crippen LogP contribution in [0.4, 0.5) is 0 Å². The molecule has 0 aliphatic heterocycles. The number of rotatable bonds is 7. The van der Waals surface area contributed by atoms with E-state index < -0.39 is 0 Å². The molecule has 0 aliphatic carbocycles. The summed E-state index contributed by atoms with van der Waals surface area (Å²) in [5, 5.41) is 4.75. The normalized spacial score (nSPS) is 11.2. The molecule has 1 aromatic carbocycles. The van der Waals surface area contributed by atoms with Gasteiger partial charge in [-0.3, -0.25) is 0 Å². The average Bonchev–Trinajstić information content (AvgIpc) is 2.70. The number of benzene rings is 1. The third kappa shape index (κ3) is 3.30. The lowest BCUT2D eigenvalue weighted by Crippen LogP contribution is -2.15. The lowest BCUT2D eigenvalue weighted by Gasteiger charge is -2.04. The first-order chi connectivity index (χ1) is 8.83. The molecule has 2 nitrogen and oxygen atoms in total. The Morgan fingerprint density at radius 1 is 1.22 bits per heavy atom. The largest absolute Gasteiger partial charge is 0.461 e. The van der Waals surface area contributed by atoms with Crippen molar-refractivity contribution in [3.63, 3.8) is 0 Å². The topological polar surface area (TPSA) is 25.2 Å². The zero-order valence-electron chi connectivity index (χ0n) is 11.2. The maximum Gasteiger partial charge on any atom is 0.134 e. The van der Waals surface area contributed by atoms with Gasteiger partial charge in [0.15, 0.2) is 0 Å². The van der Waals surface area contributed by atoms with Gasteiger partial charge in [-0.05, 0) is 44.4 Å². The van der Waals surface area contributed by atoms with E-state index in [4.69, 9.17) is 4.42 Å². The highest BCUT2D eigenvalue weighted by molar-refractivity contribution is 7.98. The van der Waals surface area contributed by atoms with Gasteiger partial charge in [-0.25, -0.2) is 0 Å². The second-order valence-electron chi connectivity index (χ2n) is 4.51. The van der Waals surface area contributed by atoms with E-state index in [1.165, 1.54) is 29.5 Å². The van der Waals surface area contributed by atoms with E-state index in [-0.39, 0.29) is 0 Å². The second kappa shape index (κ2) is 6.86. The summed E-state index contributed by atoms with van der Waals surface area (Å²) in [7, 11) is 0. The van der Waals surface area contributed by atoms with Crippen LogP contribution in [0, 0.1) is 6.92 Å². The molecule has 0 spiro atoms. The van der Waals surface area contributed by atoms with E-state index in [0.29, 0.717) is 0 Å². The van der Waals surface area contributed by atoms with Crippen LogP contribution < -0.4 is 5.32 Å². The molecule has 0 saturated carbocycles. The quantitative estimate of drug-likeness (QED) is 0.765. The third-order valence-corrected chi connectivity index (χ3v) is 3.85. The number of thioether (sulfide) groups is 1. The van der Waals surface area contributed by atoms with Crippen LogP contribution in [0.3, 0.4) is 0 Å². The van der Waals surface area contributed by atoms with E-state index in [0.717, 1.165) is 24.4 Å². The van der Waals surface area contributed by atoms with Crippen molar-refractivity contribution < 1.29 is 4.42 Å². The van der Waals surface area contributed by atoms with Crippen LogP contribution in [0.1, 0.15) is 24.2 Å². The molecule has 0 bridgehead atoms. The number of para-hydroxylation sites is 1. The lowest BCUT2D eigenvalue weighted by molar-refractivity contribution is 0.563. The smallest absolute Gasteiger partial charge is 0.134 e. The monoisotopic (exact) mass is 263 g/mol. The predicted molar refractivity (Wildman–Crippen MR) is 80.3 cm³/mol. The first kappa shape index (κ1) is 13.5. The number of hydrogen-bond donors (Lipinski definition) is 1. The van der Waals surface area contributed by atoms with Crippen molar-refractivity contribution in [3.05, 3.63) is 35.6 Å². The van der Waals surface area contributed by atoms with Gasteiger partial charge >= 0.3 is 0 Å². The van der Waals surface area contributed by atoms with Gasteiger partial charge in [-0.2, -0.15) is 11.8 Å². The Labute approximate surface area is 113 Å². The Bertz CT molecular complexity index is 492. The molecular weight excluding hydrogens is 242 g/mol. The van der Waals surface area contributed by atoms with Crippen molar-refractivity contribution in [1.82, 2.24) is 5.32 Å². The molecule has 3 heteroatoms. The lowest BCUT2D eigenvalue weighted by atomic mass is 10.1. The Hall–Kier alpha value is -0.930. The third-order valence-electron chi connectivity index (χ3n) is 3.15. The maximum atomic E-state index is 5.75. The summed E-state index contributed by atoms with van der Waals surface area (Å²) in [6.45, 7) is 4.03. The Morgan fingerprint density at radius 3 is 2.89 bits per heavy atom. The fourth-order valence-electron chi connectivity index (χ4n) is 2.15. The van der Waals surface area contributed by atoms with E-state index in [9.17, 15) is 0 Å². The molecule has 0 unspecified atom stereocenters. The number of fused-ring (bicyclic) bond motifs is 1. The van der Waals surface area contributed by atoms with Crippen molar-refractivity contribution in [1.29, 1.82) is 0 Å². The second-order valence-corrected chi connectivity index (χ2v) is 5.50. The molecule has 0 atom stereocenters. The molecule has 98 valence electrons. The summed E-state index contributed by atoms with van der Waals surface area (Å²) < 4.78 is 5.75. The molecule has 1 aromatic heterocycles. The summed E-state index contributed by atoms with van der Waals surface area (Å²) in [6.07, 6.45) is 4.70. The van der Waals surface area contributed by atoms with Crippen LogP contribution in [0.2, 0.25) is 0 Å². The van der Waals surface area contributed by atoms with Gasteiger partial charge in [0.25, 0.3) is 0 Å². The zero-order chi connectivity index (χ0) is 12.8. The molecule has 2 rings (SSSR count). The van der Waals surface area contributed by atoms with Crippen molar-refractivity contribution >= 4 is 22.7 Å². The van der Waals surface area contributed by atoms with Crippen molar-refractivity contribution in [2.75, 3.05) is 18.6 Å². The minimum Gasteiger partial charge on any atom is -0.461 e. The van der Waals surface area contributed by atoms with E-state index in [1.54, 1.807) is 0 Å². The highest BCUT2D eigenvalue weighted by Gasteiger charge is 2.09. The van der Waals surface area contributed by atoms with Gasteiger partial charge in [-0.15, -0.1) is 0 Å². The highest BCUT2D eigenvalue weighted by Crippen LogP contribution is 2.24. The molecule has 0 aliphatic rings.